The van der Waals surface area contributed by atoms with E-state index in [1.807, 2.05) is 6.07 Å². The third-order valence-corrected chi connectivity index (χ3v) is 10.9. The van der Waals surface area contributed by atoms with Gasteiger partial charge in [0.1, 0.15) is 24.0 Å². The number of rotatable bonds is 15. The van der Waals surface area contributed by atoms with Crippen LogP contribution in [-0.2, 0) is 22.7 Å². The average molecular weight is 789 g/mol. The number of alkyl halides is 3. The fourth-order valence-corrected chi connectivity index (χ4v) is 7.62. The number of hydrogen-bond acceptors (Lipinski definition) is 7. The summed E-state index contributed by atoms with van der Waals surface area (Å²) in [5.74, 6) is -3.73. The number of piperidine rings is 1. The second-order valence-electron chi connectivity index (χ2n) is 13.2. The maximum Gasteiger partial charge on any atom is 0.416 e. The van der Waals surface area contributed by atoms with Gasteiger partial charge >= 0.3 is 6.18 Å². The lowest BCUT2D eigenvalue weighted by atomic mass is 10.1. The molecule has 1 aliphatic rings. The number of nitrogens with one attached hydrogen (secondary N) is 3. The minimum Gasteiger partial charge on any atom is -0.491 e. The third kappa shape index (κ3) is 11.3. The molecule has 3 atom stereocenters. The summed E-state index contributed by atoms with van der Waals surface area (Å²) in [6.45, 7) is 1.31. The van der Waals surface area contributed by atoms with Crippen molar-refractivity contribution in [2.75, 3.05) is 26.2 Å². The first-order valence-corrected chi connectivity index (χ1v) is 19.0. The van der Waals surface area contributed by atoms with E-state index in [-0.39, 0.29) is 53.5 Å². The van der Waals surface area contributed by atoms with E-state index >= 15 is 0 Å². The summed E-state index contributed by atoms with van der Waals surface area (Å²) >= 11 is 0. The fourth-order valence-electron chi connectivity index (χ4n) is 6.03. The van der Waals surface area contributed by atoms with Crippen LogP contribution in [0, 0.1) is 11.6 Å². The average Bonchev–Trinajstić information content (AvgIpc) is 3.16. The van der Waals surface area contributed by atoms with Crippen molar-refractivity contribution >= 4 is 21.8 Å². The molecule has 10 nitrogen and oxygen atoms in total. The lowest BCUT2D eigenvalue weighted by molar-refractivity contribution is -0.137. The normalized spacial score (nSPS) is 15.5. The minimum absolute atomic E-state index is 0.103. The number of halogens is 5. The molecule has 294 valence electrons. The smallest absolute Gasteiger partial charge is 0.416 e. The van der Waals surface area contributed by atoms with Gasteiger partial charge in [-0.25, -0.2) is 17.2 Å². The minimum atomic E-state index is -4.57. The third-order valence-electron chi connectivity index (χ3n) is 9.01. The van der Waals surface area contributed by atoms with Crippen molar-refractivity contribution in [1.29, 1.82) is 0 Å². The number of carbonyl (C=O) groups excluding carboxylic acids is 2. The molecule has 0 bridgehead atoms. The molecule has 16 heteroatoms. The van der Waals surface area contributed by atoms with Crippen LogP contribution in [0.2, 0.25) is 0 Å². The zero-order valence-corrected chi connectivity index (χ0v) is 30.6. The summed E-state index contributed by atoms with van der Waals surface area (Å²) in [7, 11) is -4.16. The number of ether oxygens (including phenoxy) is 1. The van der Waals surface area contributed by atoms with Gasteiger partial charge in [-0.1, -0.05) is 55.0 Å². The number of benzene rings is 4. The van der Waals surface area contributed by atoms with Crippen molar-refractivity contribution in [3.63, 3.8) is 0 Å². The van der Waals surface area contributed by atoms with Crippen LogP contribution in [0.3, 0.4) is 0 Å². The standard InChI is InChI=1S/C39H41F5N4O6S/c1-25(27-10-4-2-5-11-27)46-37(50)28-16-29(18-34(17-28)55(52,53)48-13-6-3-7-14-48)38(51)47-35(24-54-33-20-31(40)19-32(41)21-33)36(49)23-45-22-26-9-8-12-30(15-26)39(42,43)44/h2,4-5,8-12,15-21,25,35-36,45,49H,3,6-7,13-14,22-24H2,1H3,(H,46,50)(H,47,51). The summed E-state index contributed by atoms with van der Waals surface area (Å²) < 4.78 is 102. The molecule has 1 aliphatic heterocycles. The van der Waals surface area contributed by atoms with Crippen LogP contribution in [0.25, 0.3) is 0 Å². The van der Waals surface area contributed by atoms with Gasteiger partial charge in [0.2, 0.25) is 10.0 Å². The van der Waals surface area contributed by atoms with Crippen molar-refractivity contribution < 1.29 is 49.8 Å². The van der Waals surface area contributed by atoms with Gasteiger partial charge < -0.3 is 25.8 Å². The highest BCUT2D eigenvalue weighted by Crippen LogP contribution is 2.29. The van der Waals surface area contributed by atoms with Gasteiger partial charge in [-0.2, -0.15) is 17.5 Å². The van der Waals surface area contributed by atoms with Crippen molar-refractivity contribution in [3.05, 3.63) is 130 Å². The molecule has 3 unspecified atom stereocenters. The molecule has 0 aromatic heterocycles. The van der Waals surface area contributed by atoms with Crippen molar-refractivity contribution in [1.82, 2.24) is 20.3 Å². The van der Waals surface area contributed by atoms with Crippen molar-refractivity contribution in [2.45, 2.75) is 62.0 Å². The van der Waals surface area contributed by atoms with Crippen molar-refractivity contribution in [2.24, 2.45) is 0 Å². The van der Waals surface area contributed by atoms with Gasteiger partial charge in [0.15, 0.2) is 0 Å². The van der Waals surface area contributed by atoms with E-state index in [1.165, 1.54) is 28.6 Å². The highest BCUT2D eigenvalue weighted by molar-refractivity contribution is 7.89. The van der Waals surface area contributed by atoms with Crippen LogP contribution in [0.5, 0.6) is 5.75 Å². The Labute approximate surface area is 315 Å². The largest absolute Gasteiger partial charge is 0.491 e. The highest BCUT2D eigenvalue weighted by atomic mass is 32.2. The lowest BCUT2D eigenvalue weighted by Gasteiger charge is -2.27. The second kappa shape index (κ2) is 18.2. The Morgan fingerprint density at radius 3 is 2.11 bits per heavy atom. The zero-order valence-electron chi connectivity index (χ0n) is 29.8. The molecule has 1 heterocycles. The molecule has 0 spiro atoms. The number of carbonyl (C=O) groups is 2. The predicted molar refractivity (Wildman–Crippen MR) is 194 cm³/mol. The van der Waals surface area contributed by atoms with Gasteiger partial charge in [-0.3, -0.25) is 9.59 Å². The number of amides is 2. The number of nitrogens with zero attached hydrogens (tertiary/aromatic N) is 1. The van der Waals surface area contributed by atoms with E-state index in [9.17, 15) is 45.1 Å². The highest BCUT2D eigenvalue weighted by Gasteiger charge is 2.31. The Morgan fingerprint density at radius 2 is 1.47 bits per heavy atom. The maximum atomic E-state index is 13.9. The second-order valence-corrected chi connectivity index (χ2v) is 15.1. The fraction of sp³-hybridized carbons (Fsp3) is 0.333. The molecule has 4 aromatic rings. The molecule has 55 heavy (non-hydrogen) atoms. The molecule has 1 saturated heterocycles. The zero-order chi connectivity index (χ0) is 39.8. The van der Waals surface area contributed by atoms with E-state index < -0.39 is 70.0 Å². The van der Waals surface area contributed by atoms with Crippen LogP contribution in [-0.4, -0.2) is 68.0 Å². The molecule has 1 fully saturated rings. The van der Waals surface area contributed by atoms with Crippen LogP contribution < -0.4 is 20.7 Å². The Bertz CT molecular complexity index is 2040. The molecule has 4 aromatic carbocycles. The lowest BCUT2D eigenvalue weighted by Crippen LogP contribution is -2.50. The molecular formula is C39H41F5N4O6S. The Kier molecular flexibility index (Phi) is 13.6. The van der Waals surface area contributed by atoms with E-state index in [1.54, 1.807) is 31.2 Å². The first kappa shape index (κ1) is 41.3. The topological polar surface area (TPSA) is 137 Å². The van der Waals surface area contributed by atoms with E-state index in [2.05, 4.69) is 16.0 Å². The van der Waals surface area contributed by atoms with Crippen molar-refractivity contribution in [3.8, 4) is 5.75 Å². The number of hydrogen-bond donors (Lipinski definition) is 4. The molecule has 2 amide bonds. The van der Waals surface area contributed by atoms with Crippen LogP contribution >= 0.6 is 0 Å². The number of aliphatic hydroxyl groups excluding tert-OH is 1. The van der Waals surface area contributed by atoms with Gasteiger partial charge in [0.25, 0.3) is 11.8 Å². The molecule has 5 rings (SSSR count). The maximum absolute atomic E-state index is 13.9. The van der Waals surface area contributed by atoms with E-state index in [0.717, 1.165) is 42.3 Å². The predicted octanol–water partition coefficient (Wildman–Crippen LogP) is 5.98. The van der Waals surface area contributed by atoms with Gasteiger partial charge in [0, 0.05) is 55.5 Å². The van der Waals surface area contributed by atoms with Crippen LogP contribution in [0.4, 0.5) is 22.0 Å². The number of aliphatic hydroxyl groups is 1. The Hall–Kier alpha value is -4.90. The summed E-state index contributed by atoms with van der Waals surface area (Å²) in [6, 6.07) is 17.7. The summed E-state index contributed by atoms with van der Waals surface area (Å²) in [5, 5.41) is 19.4. The SMILES string of the molecule is CC(NC(=O)c1cc(C(=O)NC(COc2cc(F)cc(F)c2)C(O)CNCc2cccc(C(F)(F)F)c2)cc(S(=O)(=O)N2CCCCC2)c1)c1ccccc1. The van der Waals surface area contributed by atoms with E-state index in [0.29, 0.717) is 18.9 Å². The van der Waals surface area contributed by atoms with Crippen LogP contribution in [0.1, 0.15) is 69.6 Å². The molecular weight excluding hydrogens is 748 g/mol. The number of sulfonamides is 1. The first-order valence-electron chi connectivity index (χ1n) is 17.6. The van der Waals surface area contributed by atoms with Gasteiger partial charge in [0.05, 0.1) is 28.6 Å². The Morgan fingerprint density at radius 1 is 0.836 bits per heavy atom. The molecule has 0 radical (unpaired) electrons. The summed E-state index contributed by atoms with van der Waals surface area (Å²) in [6.07, 6.45) is -3.94. The first-order chi connectivity index (χ1) is 26.1. The summed E-state index contributed by atoms with van der Waals surface area (Å²) in [5.41, 5.74) is -0.199. The Balaban J connectivity index is 1.41. The molecule has 0 saturated carbocycles. The van der Waals surface area contributed by atoms with Gasteiger partial charge in [-0.15, -0.1) is 0 Å². The summed E-state index contributed by atoms with van der Waals surface area (Å²) in [4.78, 5) is 27.2. The quantitative estimate of drug-likeness (QED) is 0.109. The van der Waals surface area contributed by atoms with Gasteiger partial charge in [-0.05, 0) is 55.2 Å². The molecule has 4 N–H and O–H groups in total. The van der Waals surface area contributed by atoms with E-state index in [4.69, 9.17) is 4.74 Å². The monoisotopic (exact) mass is 788 g/mol. The molecule has 0 aliphatic carbocycles. The van der Waals surface area contributed by atoms with Crippen LogP contribution in [0.15, 0.2) is 95.9 Å².